The summed E-state index contributed by atoms with van der Waals surface area (Å²) in [5.74, 6) is 0.712. The summed E-state index contributed by atoms with van der Waals surface area (Å²) in [7, 11) is 0. The van der Waals surface area contributed by atoms with Crippen molar-refractivity contribution in [2.45, 2.75) is 12.7 Å². The van der Waals surface area contributed by atoms with Crippen molar-refractivity contribution in [1.82, 2.24) is 21.3 Å². The molecular weight excluding hydrogens is 299 g/mol. The summed E-state index contributed by atoms with van der Waals surface area (Å²) >= 11 is 12.6. The van der Waals surface area contributed by atoms with E-state index in [9.17, 15) is 0 Å². The van der Waals surface area contributed by atoms with E-state index in [1.807, 2.05) is 6.08 Å². The van der Waals surface area contributed by atoms with E-state index in [1.165, 1.54) is 0 Å². The van der Waals surface area contributed by atoms with Crippen molar-refractivity contribution in [3.05, 3.63) is 21.8 Å². The Bertz CT molecular complexity index is 508. The van der Waals surface area contributed by atoms with Crippen LogP contribution < -0.4 is 21.3 Å². The zero-order valence-corrected chi connectivity index (χ0v) is 12.4. The molecule has 2 aliphatic heterocycles. The van der Waals surface area contributed by atoms with Gasteiger partial charge in [0, 0.05) is 38.3 Å². The Morgan fingerprint density at radius 2 is 1.75 bits per heavy atom. The molecule has 8 heteroatoms. The van der Waals surface area contributed by atoms with E-state index in [4.69, 9.17) is 23.2 Å². The molecule has 3 aliphatic rings. The summed E-state index contributed by atoms with van der Waals surface area (Å²) in [6, 6.07) is 0. The predicted molar refractivity (Wildman–Crippen MR) is 82.1 cm³/mol. The van der Waals surface area contributed by atoms with Crippen LogP contribution in [0.25, 0.3) is 0 Å². The van der Waals surface area contributed by atoms with Crippen molar-refractivity contribution in [2.75, 3.05) is 26.2 Å². The quantitative estimate of drug-likeness (QED) is 0.596. The third kappa shape index (κ3) is 3.15. The van der Waals surface area contributed by atoms with Crippen molar-refractivity contribution in [3.8, 4) is 0 Å². The fraction of sp³-hybridized carbons (Fsp3) is 0.500. The van der Waals surface area contributed by atoms with Crippen LogP contribution in [0.1, 0.15) is 6.42 Å². The molecule has 0 spiro atoms. The molecule has 0 aromatic heterocycles. The number of nitrogens with one attached hydrogen (secondary N) is 4. The second-order valence-electron chi connectivity index (χ2n) is 4.67. The largest absolute Gasteiger partial charge is 0.354 e. The summed E-state index contributed by atoms with van der Waals surface area (Å²) < 4.78 is 0. The Morgan fingerprint density at radius 1 is 1.05 bits per heavy atom. The first kappa shape index (κ1) is 13.9. The minimum atomic E-state index is -0.0544. The van der Waals surface area contributed by atoms with Crippen molar-refractivity contribution in [1.29, 1.82) is 0 Å². The van der Waals surface area contributed by atoms with E-state index >= 15 is 0 Å². The monoisotopic (exact) mass is 314 g/mol. The molecule has 20 heavy (non-hydrogen) atoms. The van der Waals surface area contributed by atoms with E-state index < -0.39 is 0 Å². The Kier molecular flexibility index (Phi) is 4.26. The topological polar surface area (TPSA) is 72.8 Å². The lowest BCUT2D eigenvalue weighted by molar-refractivity contribution is 0.580. The van der Waals surface area contributed by atoms with Crippen molar-refractivity contribution in [3.63, 3.8) is 0 Å². The van der Waals surface area contributed by atoms with Gasteiger partial charge < -0.3 is 10.6 Å². The van der Waals surface area contributed by atoms with Crippen LogP contribution in [0.3, 0.4) is 0 Å². The first-order valence-electron chi connectivity index (χ1n) is 6.58. The van der Waals surface area contributed by atoms with Gasteiger partial charge in [0.1, 0.15) is 5.70 Å². The van der Waals surface area contributed by atoms with Gasteiger partial charge in [0.05, 0.1) is 10.1 Å². The van der Waals surface area contributed by atoms with Crippen LogP contribution in [0.2, 0.25) is 0 Å². The van der Waals surface area contributed by atoms with E-state index in [2.05, 4.69) is 31.3 Å². The Balaban J connectivity index is 1.77. The van der Waals surface area contributed by atoms with Crippen LogP contribution in [-0.2, 0) is 0 Å². The highest BCUT2D eigenvalue weighted by Gasteiger charge is 2.20. The molecule has 0 bridgehead atoms. The molecule has 6 nitrogen and oxygen atoms in total. The highest BCUT2D eigenvalue weighted by molar-refractivity contribution is 6.39. The van der Waals surface area contributed by atoms with Gasteiger partial charge in [-0.15, -0.1) is 0 Å². The molecule has 0 unspecified atom stereocenters. The number of guanidine groups is 1. The van der Waals surface area contributed by atoms with Crippen LogP contribution in [0, 0.1) is 0 Å². The Hall–Kier alpha value is -1.08. The Morgan fingerprint density at radius 3 is 2.40 bits per heavy atom. The predicted octanol–water partition coefficient (Wildman–Crippen LogP) is 0.429. The number of aliphatic imine (C=N–C) groups is 2. The third-order valence-electron chi connectivity index (χ3n) is 3.14. The molecular formula is C12H16Cl2N6. The lowest BCUT2D eigenvalue weighted by Gasteiger charge is -2.15. The minimum Gasteiger partial charge on any atom is -0.354 e. The fourth-order valence-corrected chi connectivity index (χ4v) is 2.81. The van der Waals surface area contributed by atoms with E-state index in [0.717, 1.165) is 31.9 Å². The zero-order chi connectivity index (χ0) is 13.9. The minimum absolute atomic E-state index is 0.0544. The first-order valence-corrected chi connectivity index (χ1v) is 7.34. The standard InChI is InChI=1S/C12H16Cl2N6/c13-8-5-7(19-11-15-1-2-16-11)6-9(14)10(8)20-12-17-3-4-18-12/h5,11,15-16H,1-4,6H2,(H2,17,18,20). The lowest BCUT2D eigenvalue weighted by atomic mass is 10.1. The molecule has 2 heterocycles. The third-order valence-corrected chi connectivity index (χ3v) is 3.74. The van der Waals surface area contributed by atoms with Crippen molar-refractivity contribution >= 4 is 34.9 Å². The van der Waals surface area contributed by atoms with Gasteiger partial charge >= 0.3 is 0 Å². The molecule has 0 aromatic carbocycles. The molecule has 2 saturated heterocycles. The molecule has 4 N–H and O–H groups in total. The molecule has 0 saturated carbocycles. The number of halogens is 2. The van der Waals surface area contributed by atoms with Crippen molar-refractivity contribution < 1.29 is 0 Å². The second kappa shape index (κ2) is 6.13. The molecule has 3 rings (SSSR count). The fourth-order valence-electron chi connectivity index (χ4n) is 2.20. The van der Waals surface area contributed by atoms with Crippen LogP contribution >= 0.6 is 23.2 Å². The maximum atomic E-state index is 6.31. The highest BCUT2D eigenvalue weighted by Crippen LogP contribution is 2.30. The van der Waals surface area contributed by atoms with Gasteiger partial charge in [-0.05, 0) is 6.08 Å². The summed E-state index contributed by atoms with van der Waals surface area (Å²) in [4.78, 5) is 8.96. The van der Waals surface area contributed by atoms with Gasteiger partial charge in [-0.1, -0.05) is 23.2 Å². The molecule has 0 aromatic rings. The highest BCUT2D eigenvalue weighted by atomic mass is 35.5. The maximum absolute atomic E-state index is 6.31. The Labute approximate surface area is 127 Å². The number of allylic oxidation sites excluding steroid dienone is 3. The summed E-state index contributed by atoms with van der Waals surface area (Å²) in [5.41, 5.74) is 1.46. The van der Waals surface area contributed by atoms with Gasteiger partial charge in [-0.25, -0.2) is 4.99 Å². The number of rotatable bonds is 2. The van der Waals surface area contributed by atoms with Gasteiger partial charge in [0.15, 0.2) is 12.2 Å². The average Bonchev–Trinajstić information content (AvgIpc) is 3.06. The zero-order valence-electron chi connectivity index (χ0n) is 10.8. The van der Waals surface area contributed by atoms with Crippen LogP contribution in [0.15, 0.2) is 31.8 Å². The maximum Gasteiger partial charge on any atom is 0.196 e. The molecule has 108 valence electrons. The normalized spacial score (nSPS) is 25.8. The summed E-state index contributed by atoms with van der Waals surface area (Å²) in [6.45, 7) is 3.55. The molecule has 0 atom stereocenters. The van der Waals surface area contributed by atoms with E-state index in [-0.39, 0.29) is 6.29 Å². The van der Waals surface area contributed by atoms with Gasteiger partial charge in [-0.2, -0.15) is 0 Å². The first-order chi connectivity index (χ1) is 9.72. The second-order valence-corrected chi connectivity index (χ2v) is 5.53. The average molecular weight is 315 g/mol. The van der Waals surface area contributed by atoms with Crippen molar-refractivity contribution in [2.24, 2.45) is 9.98 Å². The molecule has 1 aliphatic carbocycles. The molecule has 2 fully saturated rings. The van der Waals surface area contributed by atoms with E-state index in [1.54, 1.807) is 0 Å². The van der Waals surface area contributed by atoms with Crippen LogP contribution in [0.5, 0.6) is 0 Å². The SMILES string of the molecule is ClC1=CC(=NC2NCCN2)CC(Cl)=C1N=C1NCCN1. The summed E-state index contributed by atoms with van der Waals surface area (Å²) in [5, 5.41) is 13.8. The van der Waals surface area contributed by atoms with Crippen LogP contribution in [-0.4, -0.2) is 44.1 Å². The number of hydrogen-bond acceptors (Lipinski definition) is 4. The lowest BCUT2D eigenvalue weighted by Crippen LogP contribution is -2.30. The van der Waals surface area contributed by atoms with Gasteiger partial charge in [-0.3, -0.25) is 15.6 Å². The summed E-state index contributed by atoms with van der Waals surface area (Å²) in [6.07, 6.45) is 2.31. The number of hydrogen-bond donors (Lipinski definition) is 4. The molecule has 0 radical (unpaired) electrons. The number of nitrogens with zero attached hydrogens (tertiary/aromatic N) is 2. The smallest absolute Gasteiger partial charge is 0.196 e. The van der Waals surface area contributed by atoms with Gasteiger partial charge in [0.2, 0.25) is 0 Å². The van der Waals surface area contributed by atoms with Crippen LogP contribution in [0.4, 0.5) is 0 Å². The molecule has 0 amide bonds. The van der Waals surface area contributed by atoms with Gasteiger partial charge in [0.25, 0.3) is 0 Å². The van der Waals surface area contributed by atoms with E-state index in [0.29, 0.717) is 28.1 Å².